The third-order valence-electron chi connectivity index (χ3n) is 3.26. The Morgan fingerprint density at radius 2 is 2.33 bits per heavy atom. The van der Waals surface area contributed by atoms with E-state index >= 15 is 0 Å². The fraction of sp³-hybridized carbons (Fsp3) is 0.643. The highest BCUT2D eigenvalue weighted by atomic mass is 16.5. The molecule has 1 amide bonds. The predicted octanol–water partition coefficient (Wildman–Crippen LogP) is 1.39. The summed E-state index contributed by atoms with van der Waals surface area (Å²) in [5, 5.41) is 9.29. The summed E-state index contributed by atoms with van der Waals surface area (Å²) >= 11 is 0. The molecule has 1 unspecified atom stereocenters. The van der Waals surface area contributed by atoms with Gasteiger partial charge in [0.15, 0.2) is 6.29 Å². The van der Waals surface area contributed by atoms with E-state index in [1.807, 2.05) is 20.9 Å². The molecule has 1 aliphatic rings. The van der Waals surface area contributed by atoms with Gasteiger partial charge in [-0.2, -0.15) is 5.10 Å². The first kappa shape index (κ1) is 17.2. The van der Waals surface area contributed by atoms with Crippen molar-refractivity contribution in [1.29, 1.82) is 0 Å². The van der Waals surface area contributed by atoms with Gasteiger partial charge >= 0.3 is 6.09 Å². The van der Waals surface area contributed by atoms with Crippen LogP contribution in [0.1, 0.15) is 42.4 Å². The smallest absolute Gasteiger partial charge is 0.407 e. The lowest BCUT2D eigenvalue weighted by Crippen LogP contribution is -2.36. The van der Waals surface area contributed by atoms with Gasteiger partial charge in [-0.05, 0) is 32.0 Å². The number of likely N-dealkylation sites (N-methyl/N-ethyl adjacent to an activating group) is 1. The van der Waals surface area contributed by atoms with Gasteiger partial charge in [-0.15, -0.1) is 0 Å². The van der Waals surface area contributed by atoms with Crippen molar-refractivity contribution in [2.45, 2.75) is 32.2 Å². The van der Waals surface area contributed by atoms with Crippen LogP contribution in [0.5, 0.6) is 0 Å². The number of likely N-dealkylation sites (tertiary alicyclic amines) is 1. The largest absolute Gasteiger partial charge is 0.453 e. The molecule has 0 radical (unpaired) electrons. The predicted molar refractivity (Wildman–Crippen MR) is 79.5 cm³/mol. The van der Waals surface area contributed by atoms with Gasteiger partial charge in [-0.3, -0.25) is 9.89 Å². The van der Waals surface area contributed by atoms with Crippen molar-refractivity contribution in [3.8, 4) is 0 Å². The molecule has 2 heterocycles. The number of amides is 1. The minimum atomic E-state index is -0.328. The number of aromatic nitrogens is 2. The average Bonchev–Trinajstić information content (AvgIpc) is 3.08. The van der Waals surface area contributed by atoms with E-state index in [0.717, 1.165) is 31.5 Å². The second-order valence-electron chi connectivity index (χ2n) is 5.40. The van der Waals surface area contributed by atoms with Crippen LogP contribution in [0.2, 0.25) is 0 Å². The van der Waals surface area contributed by atoms with Gasteiger partial charge in [0.1, 0.15) is 5.69 Å². The molecule has 21 heavy (non-hydrogen) atoms. The number of ether oxygens (including phenoxy) is 1. The molecule has 1 atom stereocenters. The molecule has 1 fully saturated rings. The van der Waals surface area contributed by atoms with Gasteiger partial charge in [-0.25, -0.2) is 4.79 Å². The molecule has 0 spiro atoms. The van der Waals surface area contributed by atoms with E-state index in [1.165, 1.54) is 7.11 Å². The second kappa shape index (κ2) is 8.41. The number of hydrogen-bond acceptors (Lipinski definition) is 5. The summed E-state index contributed by atoms with van der Waals surface area (Å²) < 4.78 is 4.48. The third-order valence-corrected chi connectivity index (χ3v) is 3.26. The van der Waals surface area contributed by atoms with Crippen molar-refractivity contribution in [1.82, 2.24) is 20.4 Å². The Labute approximate surface area is 125 Å². The lowest BCUT2D eigenvalue weighted by atomic mass is 10.1. The quantitative estimate of drug-likeness (QED) is 0.823. The van der Waals surface area contributed by atoms with Crippen LogP contribution in [0.15, 0.2) is 6.07 Å². The van der Waals surface area contributed by atoms with E-state index in [-0.39, 0.29) is 12.1 Å². The van der Waals surface area contributed by atoms with Crippen molar-refractivity contribution in [3.05, 3.63) is 17.5 Å². The maximum Gasteiger partial charge on any atom is 0.407 e. The zero-order valence-electron chi connectivity index (χ0n) is 13.0. The summed E-state index contributed by atoms with van der Waals surface area (Å²) in [6.07, 6.45) is 1.43. The summed E-state index contributed by atoms with van der Waals surface area (Å²) in [5.41, 5.74) is 1.48. The molecule has 0 bridgehead atoms. The molecule has 7 nitrogen and oxygen atoms in total. The van der Waals surface area contributed by atoms with Crippen LogP contribution < -0.4 is 5.32 Å². The number of H-pyrrole nitrogens is 1. The van der Waals surface area contributed by atoms with Crippen molar-refractivity contribution < 1.29 is 14.3 Å². The molecule has 0 saturated carbocycles. The second-order valence-corrected chi connectivity index (χ2v) is 5.40. The Kier molecular flexibility index (Phi) is 6.87. The number of methoxy groups -OCH3 is 1. The van der Waals surface area contributed by atoms with Gasteiger partial charge in [0.2, 0.25) is 0 Å². The molecule has 0 aliphatic carbocycles. The molecule has 2 rings (SSSR count). The molecular formula is C14H24N4O3. The molecule has 1 aromatic rings. The zero-order chi connectivity index (χ0) is 15.8. The van der Waals surface area contributed by atoms with Gasteiger partial charge in [-0.1, -0.05) is 13.8 Å². The Bertz CT molecular complexity index is 459. The van der Waals surface area contributed by atoms with E-state index in [0.29, 0.717) is 11.6 Å². The Morgan fingerprint density at radius 3 is 2.71 bits per heavy atom. The molecule has 2 N–H and O–H groups in total. The van der Waals surface area contributed by atoms with Crippen LogP contribution >= 0.6 is 0 Å². The summed E-state index contributed by atoms with van der Waals surface area (Å²) in [7, 11) is 3.42. The fourth-order valence-electron chi connectivity index (χ4n) is 1.99. The summed E-state index contributed by atoms with van der Waals surface area (Å²) in [6.45, 7) is 6.06. The van der Waals surface area contributed by atoms with Gasteiger partial charge in [0, 0.05) is 18.3 Å². The van der Waals surface area contributed by atoms with Crippen molar-refractivity contribution >= 4 is 12.4 Å². The summed E-state index contributed by atoms with van der Waals surface area (Å²) in [4.78, 5) is 23.1. The number of aromatic amines is 1. The van der Waals surface area contributed by atoms with Crippen LogP contribution in [0.3, 0.4) is 0 Å². The average molecular weight is 296 g/mol. The van der Waals surface area contributed by atoms with Crippen molar-refractivity contribution in [2.75, 3.05) is 27.2 Å². The van der Waals surface area contributed by atoms with E-state index in [4.69, 9.17) is 0 Å². The SMILES string of the molecule is CC(C)c1cc(C=O)n[nH]1.COC(=O)NC1CCN(C)C1. The number of carbonyl (C=O) groups excluding carboxylic acids is 2. The number of aldehydes is 1. The van der Waals surface area contributed by atoms with Gasteiger partial charge in [0.25, 0.3) is 0 Å². The first-order valence-electron chi connectivity index (χ1n) is 6.99. The van der Waals surface area contributed by atoms with Crippen LogP contribution in [-0.4, -0.2) is 60.8 Å². The minimum absolute atomic E-state index is 0.271. The highest BCUT2D eigenvalue weighted by Gasteiger charge is 2.20. The number of nitrogens with one attached hydrogen (secondary N) is 2. The normalized spacial score (nSPS) is 18.0. The van der Waals surface area contributed by atoms with E-state index in [9.17, 15) is 9.59 Å². The van der Waals surface area contributed by atoms with Gasteiger partial charge < -0.3 is 15.0 Å². The first-order valence-corrected chi connectivity index (χ1v) is 6.99. The molecule has 1 saturated heterocycles. The van der Waals surface area contributed by atoms with Crippen molar-refractivity contribution in [3.63, 3.8) is 0 Å². The zero-order valence-corrected chi connectivity index (χ0v) is 13.0. The molecule has 0 aromatic carbocycles. The van der Waals surface area contributed by atoms with E-state index in [2.05, 4.69) is 25.2 Å². The Balaban J connectivity index is 0.000000211. The Morgan fingerprint density at radius 1 is 1.62 bits per heavy atom. The molecule has 7 heteroatoms. The molecule has 1 aliphatic heterocycles. The van der Waals surface area contributed by atoms with Crippen LogP contribution in [0.25, 0.3) is 0 Å². The summed E-state index contributed by atoms with van der Waals surface area (Å²) in [6, 6.07) is 2.03. The van der Waals surface area contributed by atoms with Crippen LogP contribution in [0, 0.1) is 0 Å². The highest BCUT2D eigenvalue weighted by Crippen LogP contribution is 2.10. The highest BCUT2D eigenvalue weighted by molar-refractivity contribution is 5.71. The van der Waals surface area contributed by atoms with Crippen LogP contribution in [-0.2, 0) is 4.74 Å². The molecule has 1 aromatic heterocycles. The summed E-state index contributed by atoms with van der Waals surface area (Å²) in [5.74, 6) is 0.404. The maximum absolute atomic E-state index is 10.7. The number of alkyl carbamates (subject to hydrolysis) is 1. The monoisotopic (exact) mass is 296 g/mol. The lowest BCUT2D eigenvalue weighted by molar-refractivity contribution is 0.111. The third kappa shape index (κ3) is 5.95. The van der Waals surface area contributed by atoms with Crippen LogP contribution in [0.4, 0.5) is 4.79 Å². The lowest BCUT2D eigenvalue weighted by Gasteiger charge is -2.10. The number of carbonyl (C=O) groups is 2. The topological polar surface area (TPSA) is 87.3 Å². The fourth-order valence-corrected chi connectivity index (χ4v) is 1.99. The van der Waals surface area contributed by atoms with E-state index < -0.39 is 0 Å². The number of hydrogen-bond donors (Lipinski definition) is 2. The first-order chi connectivity index (χ1) is 9.96. The van der Waals surface area contributed by atoms with Gasteiger partial charge in [0.05, 0.1) is 7.11 Å². The molecular weight excluding hydrogens is 272 g/mol. The van der Waals surface area contributed by atoms with Crippen molar-refractivity contribution in [2.24, 2.45) is 0 Å². The molecule has 118 valence electrons. The number of rotatable bonds is 3. The standard InChI is InChI=1S/C7H14N2O2.C7H10N2O/c1-9-4-3-6(5-9)8-7(10)11-2;1-5(2)7-3-6(4-10)8-9-7/h6H,3-5H2,1-2H3,(H,8,10);3-5H,1-2H3,(H,8,9). The van der Waals surface area contributed by atoms with E-state index in [1.54, 1.807) is 6.07 Å². The maximum atomic E-state index is 10.7. The number of nitrogens with zero attached hydrogens (tertiary/aromatic N) is 2. The Hall–Kier alpha value is -1.89. The minimum Gasteiger partial charge on any atom is -0.453 e.